The first-order valence-corrected chi connectivity index (χ1v) is 10.7. The molecule has 1 atom stereocenters. The van der Waals surface area contributed by atoms with Gasteiger partial charge in [0.05, 0.1) is 29.9 Å². The van der Waals surface area contributed by atoms with Crippen LogP contribution in [0.5, 0.6) is 0 Å². The minimum Gasteiger partial charge on any atom is -0.347 e. The summed E-state index contributed by atoms with van der Waals surface area (Å²) in [5.41, 5.74) is 2.86. The highest BCUT2D eigenvalue weighted by atomic mass is 19.1. The van der Waals surface area contributed by atoms with Crippen molar-refractivity contribution >= 4 is 23.4 Å². The molecule has 0 saturated heterocycles. The molecule has 0 radical (unpaired) electrons. The summed E-state index contributed by atoms with van der Waals surface area (Å²) >= 11 is 0. The smallest absolute Gasteiger partial charge is 0.270 e. The van der Waals surface area contributed by atoms with Gasteiger partial charge in [-0.1, -0.05) is 18.2 Å². The quantitative estimate of drug-likeness (QED) is 0.587. The molecule has 176 valence electrons. The summed E-state index contributed by atoms with van der Waals surface area (Å²) in [4.78, 5) is 46.9. The molecule has 2 heterocycles. The molecule has 10 heteroatoms. The number of nitrogens with one attached hydrogen (secondary N) is 2. The molecule has 2 N–H and O–H groups in total. The van der Waals surface area contributed by atoms with E-state index in [4.69, 9.17) is 5.26 Å². The molecule has 4 rings (SSSR count). The van der Waals surface area contributed by atoms with Crippen molar-refractivity contribution in [2.45, 2.75) is 26.4 Å². The molecule has 0 saturated carbocycles. The highest BCUT2D eigenvalue weighted by Gasteiger charge is 2.32. The highest BCUT2D eigenvalue weighted by Crippen LogP contribution is 2.35. The molecule has 3 amide bonds. The number of benzene rings is 2. The number of aryl methyl sites for hydroxylation is 1. The molecule has 0 unspecified atom stereocenters. The summed E-state index contributed by atoms with van der Waals surface area (Å²) in [5, 5.41) is 14.7. The van der Waals surface area contributed by atoms with Gasteiger partial charge in [-0.25, -0.2) is 14.4 Å². The number of carbonyl (C=O) groups excluding carboxylic acids is 3. The van der Waals surface area contributed by atoms with E-state index in [1.807, 2.05) is 6.07 Å². The van der Waals surface area contributed by atoms with Crippen molar-refractivity contribution in [1.82, 2.24) is 20.6 Å². The Labute approximate surface area is 200 Å². The zero-order valence-corrected chi connectivity index (χ0v) is 19.0. The molecule has 0 bridgehead atoms. The summed E-state index contributed by atoms with van der Waals surface area (Å²) in [6, 6.07) is 12.3. The molecule has 3 aromatic rings. The SMILES string of the molecule is CC(=O)N1C[C@@H](NC(=O)c2cc(C(=O)NCc3ccc(F)c(C)c3)ncn2)c2ccc(C#N)cc21. The topological polar surface area (TPSA) is 128 Å². The average molecular weight is 472 g/mol. The number of hydrogen-bond acceptors (Lipinski definition) is 6. The van der Waals surface area contributed by atoms with Crippen LogP contribution >= 0.6 is 0 Å². The second-order valence-electron chi connectivity index (χ2n) is 8.10. The number of nitrogens with zero attached hydrogens (tertiary/aromatic N) is 4. The van der Waals surface area contributed by atoms with Gasteiger partial charge in [0.15, 0.2) is 0 Å². The number of rotatable bonds is 5. The van der Waals surface area contributed by atoms with Crippen molar-refractivity contribution in [3.05, 3.63) is 88.3 Å². The van der Waals surface area contributed by atoms with Crippen LogP contribution in [0.4, 0.5) is 10.1 Å². The first kappa shape index (κ1) is 23.5. The van der Waals surface area contributed by atoms with Crippen LogP contribution in [0.15, 0.2) is 48.8 Å². The maximum atomic E-state index is 13.4. The minimum absolute atomic E-state index is 0.000157. The standard InChI is InChI=1S/C25H21FN6O3/c1-14-7-17(4-6-19(14)26)11-28-24(34)20-9-21(30-13-29-20)25(35)31-22-12-32(15(2)33)23-8-16(10-27)3-5-18(22)23/h3-9,13,22H,11-12H2,1-2H3,(H,28,34)(H,31,35)/t22-/m1/s1. The third-order valence-electron chi connectivity index (χ3n) is 5.68. The largest absolute Gasteiger partial charge is 0.347 e. The Kier molecular flexibility index (Phi) is 6.51. The zero-order valence-electron chi connectivity index (χ0n) is 19.0. The van der Waals surface area contributed by atoms with Crippen molar-refractivity contribution in [2.75, 3.05) is 11.4 Å². The second kappa shape index (κ2) is 9.69. The molecule has 9 nitrogen and oxygen atoms in total. The Morgan fingerprint density at radius 3 is 2.54 bits per heavy atom. The fourth-order valence-corrected chi connectivity index (χ4v) is 3.87. The molecular weight excluding hydrogens is 451 g/mol. The predicted octanol–water partition coefficient (Wildman–Crippen LogP) is 2.56. The number of fused-ring (bicyclic) bond motifs is 1. The first-order valence-electron chi connectivity index (χ1n) is 10.7. The third-order valence-corrected chi connectivity index (χ3v) is 5.68. The summed E-state index contributed by atoms with van der Waals surface area (Å²) in [6.45, 7) is 3.42. The summed E-state index contributed by atoms with van der Waals surface area (Å²) in [7, 11) is 0. The summed E-state index contributed by atoms with van der Waals surface area (Å²) < 4.78 is 13.4. The zero-order chi connectivity index (χ0) is 25.1. The minimum atomic E-state index is -0.540. The van der Waals surface area contributed by atoms with Crippen molar-refractivity contribution < 1.29 is 18.8 Å². The normalized spacial score (nSPS) is 14.1. The highest BCUT2D eigenvalue weighted by molar-refractivity contribution is 5.98. The van der Waals surface area contributed by atoms with Crippen LogP contribution in [0.1, 0.15) is 56.2 Å². The van der Waals surface area contributed by atoms with Crippen molar-refractivity contribution in [3.63, 3.8) is 0 Å². The number of halogens is 1. The van der Waals surface area contributed by atoms with Gasteiger partial charge in [0, 0.05) is 25.1 Å². The van der Waals surface area contributed by atoms with Gasteiger partial charge < -0.3 is 15.5 Å². The van der Waals surface area contributed by atoms with Crippen LogP contribution in [-0.4, -0.2) is 34.2 Å². The van der Waals surface area contributed by atoms with Gasteiger partial charge in [-0.3, -0.25) is 14.4 Å². The number of amides is 3. The number of aromatic nitrogens is 2. The molecule has 1 aliphatic rings. The van der Waals surface area contributed by atoms with E-state index >= 15 is 0 Å². The van der Waals surface area contributed by atoms with Crippen molar-refractivity contribution in [3.8, 4) is 6.07 Å². The van der Waals surface area contributed by atoms with Crippen LogP contribution < -0.4 is 15.5 Å². The molecule has 0 fully saturated rings. The number of hydrogen-bond donors (Lipinski definition) is 2. The van der Waals surface area contributed by atoms with E-state index < -0.39 is 17.9 Å². The van der Waals surface area contributed by atoms with E-state index in [0.29, 0.717) is 22.4 Å². The van der Waals surface area contributed by atoms with Gasteiger partial charge >= 0.3 is 0 Å². The molecule has 1 aromatic heterocycles. The monoisotopic (exact) mass is 472 g/mol. The fourth-order valence-electron chi connectivity index (χ4n) is 3.87. The molecule has 35 heavy (non-hydrogen) atoms. The Hall–Kier alpha value is -4.65. The van der Waals surface area contributed by atoms with Crippen LogP contribution in [0.2, 0.25) is 0 Å². The van der Waals surface area contributed by atoms with Gasteiger partial charge in [0.25, 0.3) is 11.8 Å². The van der Waals surface area contributed by atoms with Crippen LogP contribution in [0.3, 0.4) is 0 Å². The Balaban J connectivity index is 1.46. The van der Waals surface area contributed by atoms with Gasteiger partial charge in [-0.2, -0.15) is 5.26 Å². The van der Waals surface area contributed by atoms with Gasteiger partial charge in [0.2, 0.25) is 5.91 Å². The summed E-state index contributed by atoms with van der Waals surface area (Å²) in [5.74, 6) is -1.59. The number of carbonyl (C=O) groups is 3. The Bertz CT molecular complexity index is 1380. The van der Waals surface area contributed by atoms with Crippen LogP contribution in [0.25, 0.3) is 0 Å². The van der Waals surface area contributed by atoms with Crippen molar-refractivity contribution in [2.24, 2.45) is 0 Å². The summed E-state index contributed by atoms with van der Waals surface area (Å²) in [6.07, 6.45) is 1.12. The number of nitriles is 1. The lowest BCUT2D eigenvalue weighted by Crippen LogP contribution is -2.35. The lowest BCUT2D eigenvalue weighted by atomic mass is 10.1. The molecular formula is C25H21FN6O3. The number of anilines is 1. The molecule has 2 aromatic carbocycles. The third kappa shape index (κ3) is 4.99. The van der Waals surface area contributed by atoms with Crippen LogP contribution in [0, 0.1) is 24.1 Å². The fraction of sp³-hybridized carbons (Fsp3) is 0.200. The van der Waals surface area contributed by atoms with Gasteiger partial charge in [0.1, 0.15) is 23.5 Å². The lowest BCUT2D eigenvalue weighted by molar-refractivity contribution is -0.116. The van der Waals surface area contributed by atoms with E-state index in [1.165, 1.54) is 24.0 Å². The maximum absolute atomic E-state index is 13.4. The van der Waals surface area contributed by atoms with E-state index in [0.717, 1.165) is 11.9 Å². The Morgan fingerprint density at radius 1 is 1.11 bits per heavy atom. The van der Waals surface area contributed by atoms with Gasteiger partial charge in [-0.05, 0) is 36.2 Å². The van der Waals surface area contributed by atoms with E-state index in [1.54, 1.807) is 37.3 Å². The average Bonchev–Trinajstić information content (AvgIpc) is 3.22. The molecule has 1 aliphatic heterocycles. The van der Waals surface area contributed by atoms with Crippen molar-refractivity contribution in [1.29, 1.82) is 5.26 Å². The maximum Gasteiger partial charge on any atom is 0.270 e. The molecule has 0 spiro atoms. The Morgan fingerprint density at radius 2 is 1.86 bits per heavy atom. The lowest BCUT2D eigenvalue weighted by Gasteiger charge is -2.16. The van der Waals surface area contributed by atoms with Crippen LogP contribution in [-0.2, 0) is 11.3 Å². The first-order chi connectivity index (χ1) is 16.8. The van der Waals surface area contributed by atoms with E-state index in [-0.39, 0.29) is 36.2 Å². The predicted molar refractivity (Wildman–Crippen MR) is 124 cm³/mol. The van der Waals surface area contributed by atoms with Gasteiger partial charge in [-0.15, -0.1) is 0 Å². The van der Waals surface area contributed by atoms with E-state index in [9.17, 15) is 18.8 Å². The molecule has 0 aliphatic carbocycles. The second-order valence-corrected chi connectivity index (χ2v) is 8.10. The van der Waals surface area contributed by atoms with E-state index in [2.05, 4.69) is 20.6 Å².